The lowest BCUT2D eigenvalue weighted by molar-refractivity contribution is -0.276. The molecule has 0 aromatic heterocycles. The molecule has 6 aromatic carbocycles. The Morgan fingerprint density at radius 1 is 0.685 bits per heavy atom. The number of aliphatic hydroxyl groups excluding tert-OH is 1. The van der Waals surface area contributed by atoms with Gasteiger partial charge in [-0.1, -0.05) is 140 Å². The third-order valence-electron chi connectivity index (χ3n) is 10.7. The molecule has 5 atom stereocenters. The number of carbonyl (C=O) groups excluding carboxylic acids is 1. The number of likely N-dealkylation sites (N-methyl/N-ethyl adjacent to an activating group) is 1. The average Bonchev–Trinajstić information content (AvgIpc) is 3.23. The van der Waals surface area contributed by atoms with Crippen molar-refractivity contribution in [1.29, 1.82) is 0 Å². The second-order valence-electron chi connectivity index (χ2n) is 14.4. The first-order chi connectivity index (χ1) is 26.3. The van der Waals surface area contributed by atoms with Gasteiger partial charge in [-0.25, -0.2) is 4.79 Å². The molecule has 1 heterocycles. The summed E-state index contributed by atoms with van der Waals surface area (Å²) < 4.78 is 13.6. The van der Waals surface area contributed by atoms with Crippen LogP contribution in [0.4, 0.5) is 4.79 Å². The number of nitrogens with one attached hydrogen (secondary N) is 2. The SMILES string of the molecule is C[C@H]1[C@@H](CN(C)[C@H](C)c2ccc3ccccc3c2)O[C@@H](c2ccc(-c3cccc(CNC(=O)NCc4ccccc4)c3)cc2)O[C@H]1c1ccc(CO)cc1. The van der Waals surface area contributed by atoms with E-state index in [2.05, 4.69) is 127 Å². The highest BCUT2D eigenvalue weighted by Gasteiger charge is 2.39. The Bertz CT molecular complexity index is 2140. The minimum atomic E-state index is -0.558. The zero-order valence-corrected chi connectivity index (χ0v) is 31.2. The zero-order chi connectivity index (χ0) is 37.4. The minimum Gasteiger partial charge on any atom is -0.392 e. The fraction of sp³-hybridized carbons (Fsp3) is 0.255. The van der Waals surface area contributed by atoms with Crippen molar-refractivity contribution < 1.29 is 19.4 Å². The maximum Gasteiger partial charge on any atom is 0.315 e. The van der Waals surface area contributed by atoms with Crippen LogP contribution >= 0.6 is 0 Å². The van der Waals surface area contributed by atoms with E-state index in [1.165, 1.54) is 16.3 Å². The number of benzene rings is 6. The second kappa shape index (κ2) is 17.2. The van der Waals surface area contributed by atoms with Crippen molar-refractivity contribution in [3.05, 3.63) is 179 Å². The van der Waals surface area contributed by atoms with Gasteiger partial charge in [0.2, 0.25) is 0 Å². The molecule has 0 unspecified atom stereocenters. The van der Waals surface area contributed by atoms with Gasteiger partial charge in [-0.3, -0.25) is 4.90 Å². The third kappa shape index (κ3) is 8.89. The van der Waals surface area contributed by atoms with Crippen molar-refractivity contribution >= 4 is 16.8 Å². The maximum atomic E-state index is 12.5. The van der Waals surface area contributed by atoms with Gasteiger partial charge in [0, 0.05) is 37.2 Å². The Balaban J connectivity index is 1.05. The van der Waals surface area contributed by atoms with Crippen molar-refractivity contribution in [2.75, 3.05) is 13.6 Å². The van der Waals surface area contributed by atoms with Crippen LogP contribution in [0.15, 0.2) is 146 Å². The zero-order valence-electron chi connectivity index (χ0n) is 31.2. The van der Waals surface area contributed by atoms with E-state index in [4.69, 9.17) is 9.47 Å². The van der Waals surface area contributed by atoms with Crippen LogP contribution in [0, 0.1) is 5.92 Å². The number of hydrogen-bond donors (Lipinski definition) is 3. The van der Waals surface area contributed by atoms with Crippen molar-refractivity contribution in [2.24, 2.45) is 5.92 Å². The van der Waals surface area contributed by atoms with E-state index in [-0.39, 0.29) is 36.8 Å². The Morgan fingerprint density at radius 3 is 2.09 bits per heavy atom. The first-order valence-electron chi connectivity index (χ1n) is 18.8. The molecule has 0 spiro atoms. The fourth-order valence-corrected chi connectivity index (χ4v) is 7.21. The number of aliphatic hydroxyl groups is 1. The Hall–Kier alpha value is -5.31. The molecule has 1 saturated heterocycles. The van der Waals surface area contributed by atoms with Crippen molar-refractivity contribution in [2.45, 2.75) is 58.1 Å². The molecule has 0 bridgehead atoms. The smallest absolute Gasteiger partial charge is 0.315 e. The first kappa shape index (κ1) is 37.0. The van der Waals surface area contributed by atoms with Gasteiger partial charge in [0.25, 0.3) is 0 Å². The number of ether oxygens (including phenoxy) is 2. The summed E-state index contributed by atoms with van der Waals surface area (Å²) in [4.78, 5) is 14.8. The van der Waals surface area contributed by atoms with E-state index >= 15 is 0 Å². The normalized spacial score (nSPS) is 19.1. The molecule has 54 heavy (non-hydrogen) atoms. The Labute approximate surface area is 318 Å². The van der Waals surface area contributed by atoms with Crippen LogP contribution in [0.5, 0.6) is 0 Å². The number of hydrogen-bond acceptors (Lipinski definition) is 5. The molecule has 0 radical (unpaired) electrons. The van der Waals surface area contributed by atoms with Crippen LogP contribution in [0.3, 0.4) is 0 Å². The summed E-state index contributed by atoms with van der Waals surface area (Å²) in [5.41, 5.74) is 8.36. The van der Waals surface area contributed by atoms with Crippen LogP contribution < -0.4 is 10.6 Å². The molecule has 7 rings (SSSR count). The van der Waals surface area contributed by atoms with E-state index in [9.17, 15) is 9.90 Å². The van der Waals surface area contributed by atoms with Gasteiger partial charge in [0.1, 0.15) is 0 Å². The van der Waals surface area contributed by atoms with Gasteiger partial charge in [-0.2, -0.15) is 0 Å². The summed E-state index contributed by atoms with van der Waals surface area (Å²) in [7, 11) is 2.17. The highest BCUT2D eigenvalue weighted by Crippen LogP contribution is 2.42. The molecular weight excluding hydrogens is 671 g/mol. The maximum absolute atomic E-state index is 12.5. The molecule has 1 fully saturated rings. The van der Waals surface area contributed by atoms with Crippen LogP contribution in [0.25, 0.3) is 21.9 Å². The molecule has 1 aliphatic rings. The molecule has 0 aliphatic carbocycles. The van der Waals surface area contributed by atoms with E-state index in [0.717, 1.165) is 45.5 Å². The van der Waals surface area contributed by atoms with Crippen LogP contribution in [0.1, 0.15) is 65.7 Å². The summed E-state index contributed by atoms with van der Waals surface area (Å²) >= 11 is 0. The number of carbonyl (C=O) groups is 1. The Morgan fingerprint density at radius 2 is 1.35 bits per heavy atom. The van der Waals surface area contributed by atoms with Gasteiger partial charge in [0.15, 0.2) is 6.29 Å². The van der Waals surface area contributed by atoms with Gasteiger partial charge >= 0.3 is 6.03 Å². The van der Waals surface area contributed by atoms with Crippen molar-refractivity contribution in [1.82, 2.24) is 15.5 Å². The molecule has 6 aromatic rings. The lowest BCUT2D eigenvalue weighted by Crippen LogP contribution is -2.44. The molecule has 0 saturated carbocycles. The lowest BCUT2D eigenvalue weighted by atomic mass is 9.89. The van der Waals surface area contributed by atoms with Gasteiger partial charge < -0.3 is 25.2 Å². The van der Waals surface area contributed by atoms with Gasteiger partial charge in [-0.15, -0.1) is 0 Å². The number of rotatable bonds is 12. The number of nitrogens with zero attached hydrogens (tertiary/aromatic N) is 1. The fourth-order valence-electron chi connectivity index (χ4n) is 7.21. The topological polar surface area (TPSA) is 83.1 Å². The summed E-state index contributed by atoms with van der Waals surface area (Å²) in [6.45, 7) is 6.08. The molecular formula is C47H49N3O4. The molecule has 3 N–H and O–H groups in total. The van der Waals surface area contributed by atoms with Crippen molar-refractivity contribution in [3.8, 4) is 11.1 Å². The predicted octanol–water partition coefficient (Wildman–Crippen LogP) is 9.48. The summed E-state index contributed by atoms with van der Waals surface area (Å²) in [5, 5.41) is 18.0. The highest BCUT2D eigenvalue weighted by atomic mass is 16.7. The highest BCUT2D eigenvalue weighted by molar-refractivity contribution is 5.83. The predicted molar refractivity (Wildman–Crippen MR) is 215 cm³/mol. The lowest BCUT2D eigenvalue weighted by Gasteiger charge is -2.43. The summed E-state index contributed by atoms with van der Waals surface area (Å²) in [6.07, 6.45) is -0.857. The van der Waals surface area contributed by atoms with E-state index in [0.29, 0.717) is 13.1 Å². The number of urea groups is 1. The number of amides is 2. The minimum absolute atomic E-state index is 0.00301. The van der Waals surface area contributed by atoms with Crippen molar-refractivity contribution in [3.63, 3.8) is 0 Å². The van der Waals surface area contributed by atoms with Crippen LogP contribution in [-0.4, -0.2) is 35.7 Å². The van der Waals surface area contributed by atoms with E-state index < -0.39 is 6.29 Å². The monoisotopic (exact) mass is 719 g/mol. The standard InChI is InChI=1S/C47H49N3O4/c1-32-44(30-50(3)33(2)41-25-22-37-13-7-8-14-43(37)27-41)53-46(54-45(32)39-18-16-35(31-51)17-19-39)40-23-20-38(21-24-40)42-15-9-12-36(26-42)29-49-47(52)48-28-34-10-5-4-6-11-34/h4-27,32-33,44-46,51H,28-31H2,1-3H3,(H2,48,49,52)/t32-,33+,44+,45+,46+/m0/s1. The third-order valence-corrected chi connectivity index (χ3v) is 10.7. The summed E-state index contributed by atoms with van der Waals surface area (Å²) in [6, 6.07) is 49.7. The second-order valence-corrected chi connectivity index (χ2v) is 14.4. The number of fused-ring (bicyclic) bond motifs is 1. The van der Waals surface area contributed by atoms with Gasteiger partial charge in [0.05, 0.1) is 18.8 Å². The molecule has 276 valence electrons. The average molecular weight is 720 g/mol. The van der Waals surface area contributed by atoms with E-state index in [1.807, 2.05) is 54.6 Å². The molecule has 2 amide bonds. The quantitative estimate of drug-likeness (QED) is 0.117. The molecule has 7 heteroatoms. The summed E-state index contributed by atoms with van der Waals surface area (Å²) in [5.74, 6) is 0.0727. The first-order valence-corrected chi connectivity index (χ1v) is 18.8. The van der Waals surface area contributed by atoms with Crippen LogP contribution in [0.2, 0.25) is 0 Å². The van der Waals surface area contributed by atoms with E-state index in [1.54, 1.807) is 0 Å². The molecule has 1 aliphatic heterocycles. The molecule has 7 nitrogen and oxygen atoms in total. The largest absolute Gasteiger partial charge is 0.392 e. The Kier molecular flexibility index (Phi) is 11.8. The van der Waals surface area contributed by atoms with Crippen LogP contribution in [-0.2, 0) is 29.2 Å². The van der Waals surface area contributed by atoms with Gasteiger partial charge in [-0.05, 0) is 75.8 Å².